The lowest BCUT2D eigenvalue weighted by Crippen LogP contribution is -2.23. The molecule has 5 aromatic rings. The number of amides is 1. The summed E-state index contributed by atoms with van der Waals surface area (Å²) in [7, 11) is -0.597. The first-order valence-electron chi connectivity index (χ1n) is 12.7. The predicted molar refractivity (Wildman–Crippen MR) is 159 cm³/mol. The number of sulfonamides is 1. The molecule has 0 bridgehead atoms. The average Bonchev–Trinajstić information content (AvgIpc) is 2.95. The summed E-state index contributed by atoms with van der Waals surface area (Å²) < 4.78 is 27.0. The number of hydrogen-bond donors (Lipinski definition) is 2. The van der Waals surface area contributed by atoms with E-state index in [2.05, 4.69) is 20.8 Å². The van der Waals surface area contributed by atoms with Crippen LogP contribution in [0.1, 0.15) is 21.5 Å². The predicted octanol–water partition coefficient (Wildman–Crippen LogP) is 6.16. The Morgan fingerprint density at radius 3 is 2.15 bits per heavy atom. The second-order valence-corrected chi connectivity index (χ2v) is 11.8. The molecule has 202 valence electrons. The average molecular weight is 552 g/mol. The summed E-state index contributed by atoms with van der Waals surface area (Å²) >= 11 is 0. The molecule has 0 aliphatic rings. The van der Waals surface area contributed by atoms with Crippen molar-refractivity contribution >= 4 is 43.9 Å². The van der Waals surface area contributed by atoms with Crippen LogP contribution < -0.4 is 10.6 Å². The SMILES string of the molecule is Cc1ccccc1NC(=O)c1ccc(Nc2nnc(-c3ccc(C)c(S(=O)(=O)N(C)C)c3)c3ccccc23)cc1. The second-order valence-electron chi connectivity index (χ2n) is 9.68. The Morgan fingerprint density at radius 1 is 0.775 bits per heavy atom. The van der Waals surface area contributed by atoms with Gasteiger partial charge in [-0.3, -0.25) is 4.79 Å². The van der Waals surface area contributed by atoms with E-state index in [1.54, 1.807) is 31.2 Å². The first kappa shape index (κ1) is 27.0. The van der Waals surface area contributed by atoms with E-state index >= 15 is 0 Å². The Morgan fingerprint density at radius 2 is 1.45 bits per heavy atom. The zero-order valence-electron chi connectivity index (χ0n) is 22.6. The normalized spacial score (nSPS) is 11.5. The smallest absolute Gasteiger partial charge is 0.255 e. The molecule has 0 saturated heterocycles. The van der Waals surface area contributed by atoms with Crippen molar-refractivity contribution in [3.05, 3.63) is 108 Å². The number of nitrogens with one attached hydrogen (secondary N) is 2. The maximum Gasteiger partial charge on any atom is 0.255 e. The Bertz CT molecular complexity index is 1830. The molecule has 0 unspecified atom stereocenters. The van der Waals surface area contributed by atoms with Crippen LogP contribution in [0.25, 0.3) is 22.0 Å². The third-order valence-corrected chi connectivity index (χ3v) is 8.67. The number of fused-ring (bicyclic) bond motifs is 1. The number of anilines is 3. The first-order chi connectivity index (χ1) is 19.1. The summed E-state index contributed by atoms with van der Waals surface area (Å²) in [6.45, 7) is 3.72. The van der Waals surface area contributed by atoms with Gasteiger partial charge in [-0.05, 0) is 61.4 Å². The Labute approximate surface area is 233 Å². The summed E-state index contributed by atoms with van der Waals surface area (Å²) in [4.78, 5) is 13.0. The van der Waals surface area contributed by atoms with Gasteiger partial charge in [0.05, 0.1) is 4.90 Å². The standard InChI is InChI=1S/C31H29N5O3S/c1-20-9-5-8-12-27(20)33-31(37)22-15-17-24(18-16-22)32-30-26-11-7-6-10-25(26)29(34-35-30)23-14-13-21(2)28(19-23)40(38,39)36(3)4/h5-19H,1-4H3,(H,32,35)(H,33,37). The van der Waals surface area contributed by atoms with Gasteiger partial charge in [-0.1, -0.05) is 54.6 Å². The van der Waals surface area contributed by atoms with E-state index in [0.717, 1.165) is 27.7 Å². The molecule has 0 saturated carbocycles. The third-order valence-electron chi connectivity index (χ3n) is 6.71. The molecule has 0 spiro atoms. The van der Waals surface area contributed by atoms with Crippen molar-refractivity contribution < 1.29 is 13.2 Å². The highest BCUT2D eigenvalue weighted by Gasteiger charge is 2.21. The number of para-hydroxylation sites is 1. The molecule has 0 aliphatic heterocycles. The molecule has 4 aromatic carbocycles. The maximum absolute atomic E-state index is 12.9. The highest BCUT2D eigenvalue weighted by molar-refractivity contribution is 7.89. The van der Waals surface area contributed by atoms with Crippen LogP contribution in [0, 0.1) is 13.8 Å². The van der Waals surface area contributed by atoms with E-state index in [-0.39, 0.29) is 10.8 Å². The maximum atomic E-state index is 12.9. The Kier molecular flexibility index (Phi) is 7.34. The van der Waals surface area contributed by atoms with Gasteiger partial charge in [0.1, 0.15) is 5.69 Å². The highest BCUT2D eigenvalue weighted by atomic mass is 32.2. The van der Waals surface area contributed by atoms with Gasteiger partial charge in [0, 0.05) is 47.4 Å². The molecule has 0 radical (unpaired) electrons. The summed E-state index contributed by atoms with van der Waals surface area (Å²) in [6, 6.07) is 27.7. The van der Waals surface area contributed by atoms with Gasteiger partial charge in [-0.2, -0.15) is 0 Å². The number of aromatic nitrogens is 2. The fourth-order valence-corrected chi connectivity index (χ4v) is 5.52. The number of hydrogen-bond acceptors (Lipinski definition) is 6. The van der Waals surface area contributed by atoms with Crippen LogP contribution in [-0.2, 0) is 10.0 Å². The fraction of sp³-hybridized carbons (Fsp3) is 0.129. The molecular formula is C31H29N5O3S. The van der Waals surface area contributed by atoms with E-state index in [1.807, 2.05) is 73.7 Å². The Hall–Kier alpha value is -4.60. The largest absolute Gasteiger partial charge is 0.338 e. The van der Waals surface area contributed by atoms with Gasteiger partial charge >= 0.3 is 0 Å². The van der Waals surface area contributed by atoms with Crippen molar-refractivity contribution in [2.45, 2.75) is 18.7 Å². The zero-order valence-corrected chi connectivity index (χ0v) is 23.5. The van der Waals surface area contributed by atoms with Crippen LogP contribution in [0.3, 0.4) is 0 Å². The molecular weight excluding hydrogens is 522 g/mol. The van der Waals surface area contributed by atoms with E-state index < -0.39 is 10.0 Å². The molecule has 8 nitrogen and oxygen atoms in total. The molecule has 5 rings (SSSR count). The molecule has 0 aliphatic carbocycles. The summed E-state index contributed by atoms with van der Waals surface area (Å²) in [5, 5.41) is 16.8. The lowest BCUT2D eigenvalue weighted by Gasteiger charge is -2.16. The van der Waals surface area contributed by atoms with Crippen molar-refractivity contribution in [1.82, 2.24) is 14.5 Å². The summed E-state index contributed by atoms with van der Waals surface area (Å²) in [6.07, 6.45) is 0. The van der Waals surface area contributed by atoms with Crippen LogP contribution in [0.4, 0.5) is 17.2 Å². The van der Waals surface area contributed by atoms with Crippen molar-refractivity contribution in [2.75, 3.05) is 24.7 Å². The van der Waals surface area contributed by atoms with Gasteiger partial charge in [0.2, 0.25) is 10.0 Å². The number of carbonyl (C=O) groups is 1. The number of aryl methyl sites for hydroxylation is 2. The van der Waals surface area contributed by atoms with Gasteiger partial charge < -0.3 is 10.6 Å². The second kappa shape index (κ2) is 10.9. The fourth-order valence-electron chi connectivity index (χ4n) is 4.38. The van der Waals surface area contributed by atoms with Crippen LogP contribution in [0.5, 0.6) is 0 Å². The van der Waals surface area contributed by atoms with Crippen LogP contribution >= 0.6 is 0 Å². The molecule has 0 atom stereocenters. The number of carbonyl (C=O) groups excluding carboxylic acids is 1. The lowest BCUT2D eigenvalue weighted by molar-refractivity contribution is 0.102. The number of benzene rings is 4. The zero-order chi connectivity index (χ0) is 28.4. The van der Waals surface area contributed by atoms with Crippen molar-refractivity contribution in [3.63, 3.8) is 0 Å². The quantitative estimate of drug-likeness (QED) is 0.251. The number of nitrogens with zero attached hydrogens (tertiary/aromatic N) is 3. The Balaban J connectivity index is 1.44. The molecule has 2 N–H and O–H groups in total. The van der Waals surface area contributed by atoms with Crippen LogP contribution in [0.15, 0.2) is 95.9 Å². The van der Waals surface area contributed by atoms with E-state index in [4.69, 9.17) is 0 Å². The summed E-state index contributed by atoms with van der Waals surface area (Å²) in [5.74, 6) is 0.355. The van der Waals surface area contributed by atoms with E-state index in [0.29, 0.717) is 28.2 Å². The molecule has 1 aromatic heterocycles. The van der Waals surface area contributed by atoms with E-state index in [9.17, 15) is 13.2 Å². The highest BCUT2D eigenvalue weighted by Crippen LogP contribution is 2.33. The molecule has 0 fully saturated rings. The lowest BCUT2D eigenvalue weighted by atomic mass is 10.0. The molecule has 1 amide bonds. The van der Waals surface area contributed by atoms with Crippen molar-refractivity contribution in [3.8, 4) is 11.3 Å². The van der Waals surface area contributed by atoms with Gasteiger partial charge in [0.15, 0.2) is 5.82 Å². The molecule has 1 heterocycles. The topological polar surface area (TPSA) is 104 Å². The van der Waals surface area contributed by atoms with Crippen LogP contribution in [0.2, 0.25) is 0 Å². The minimum atomic E-state index is -3.63. The molecule has 9 heteroatoms. The van der Waals surface area contributed by atoms with Crippen molar-refractivity contribution in [2.24, 2.45) is 0 Å². The minimum absolute atomic E-state index is 0.191. The van der Waals surface area contributed by atoms with Crippen LogP contribution in [-0.4, -0.2) is 42.9 Å². The monoisotopic (exact) mass is 551 g/mol. The van der Waals surface area contributed by atoms with Crippen molar-refractivity contribution in [1.29, 1.82) is 0 Å². The minimum Gasteiger partial charge on any atom is -0.338 e. The van der Waals surface area contributed by atoms with Gasteiger partial charge in [-0.15, -0.1) is 10.2 Å². The summed E-state index contributed by atoms with van der Waals surface area (Å²) in [5.41, 5.74) is 4.94. The van der Waals surface area contributed by atoms with Gasteiger partial charge in [-0.25, -0.2) is 12.7 Å². The molecule has 40 heavy (non-hydrogen) atoms. The first-order valence-corrected chi connectivity index (χ1v) is 14.1. The third kappa shape index (κ3) is 5.29. The number of rotatable bonds is 7. The van der Waals surface area contributed by atoms with Gasteiger partial charge in [0.25, 0.3) is 5.91 Å². The van der Waals surface area contributed by atoms with E-state index in [1.165, 1.54) is 18.4 Å².